The molecule has 0 amide bonds. The van der Waals surface area contributed by atoms with Crippen LogP contribution < -0.4 is 4.90 Å². The Bertz CT molecular complexity index is 309. The van der Waals surface area contributed by atoms with Gasteiger partial charge in [-0.25, -0.2) is 0 Å². The first-order valence-electron chi connectivity index (χ1n) is 6.26. The van der Waals surface area contributed by atoms with Gasteiger partial charge in [-0.15, -0.1) is 0 Å². The van der Waals surface area contributed by atoms with E-state index in [1.807, 2.05) is 12.1 Å². The predicted molar refractivity (Wildman–Crippen MR) is 73.4 cm³/mol. The second kappa shape index (κ2) is 7.30. The van der Waals surface area contributed by atoms with Crippen LogP contribution in [0.2, 0.25) is 0 Å². The number of aliphatic hydroxyl groups excluding tert-OH is 1. The second-order valence-corrected chi connectivity index (χ2v) is 4.56. The first kappa shape index (κ1) is 14.0. The SMILES string of the molecule is CCN(CCCN(C)C)c1ccc(CO)cc1. The molecule has 0 aliphatic carbocycles. The van der Waals surface area contributed by atoms with Crippen molar-refractivity contribution in [2.24, 2.45) is 0 Å². The molecule has 0 atom stereocenters. The highest BCUT2D eigenvalue weighted by Crippen LogP contribution is 2.15. The summed E-state index contributed by atoms with van der Waals surface area (Å²) in [5, 5.41) is 9.01. The van der Waals surface area contributed by atoms with E-state index in [2.05, 4.69) is 43.0 Å². The number of rotatable bonds is 7. The molecule has 0 heterocycles. The monoisotopic (exact) mass is 236 g/mol. The van der Waals surface area contributed by atoms with E-state index in [4.69, 9.17) is 5.11 Å². The van der Waals surface area contributed by atoms with Gasteiger partial charge in [0.15, 0.2) is 0 Å². The Morgan fingerprint density at radius 1 is 1.06 bits per heavy atom. The summed E-state index contributed by atoms with van der Waals surface area (Å²) < 4.78 is 0. The lowest BCUT2D eigenvalue weighted by Gasteiger charge is -2.24. The van der Waals surface area contributed by atoms with Gasteiger partial charge in [0, 0.05) is 18.8 Å². The van der Waals surface area contributed by atoms with Crippen LogP contribution in [0.1, 0.15) is 18.9 Å². The van der Waals surface area contributed by atoms with Gasteiger partial charge in [0.1, 0.15) is 0 Å². The molecule has 0 aliphatic rings. The third kappa shape index (κ3) is 4.75. The van der Waals surface area contributed by atoms with E-state index >= 15 is 0 Å². The zero-order chi connectivity index (χ0) is 12.7. The third-order valence-corrected chi connectivity index (χ3v) is 2.90. The Morgan fingerprint density at radius 2 is 1.71 bits per heavy atom. The zero-order valence-corrected chi connectivity index (χ0v) is 11.2. The topological polar surface area (TPSA) is 26.7 Å². The number of benzene rings is 1. The van der Waals surface area contributed by atoms with E-state index in [0.29, 0.717) is 0 Å². The van der Waals surface area contributed by atoms with Gasteiger partial charge in [-0.2, -0.15) is 0 Å². The standard InChI is InChI=1S/C14H24N2O/c1-4-16(11-5-10-15(2)3)14-8-6-13(12-17)7-9-14/h6-9,17H,4-5,10-12H2,1-3H3. The van der Waals surface area contributed by atoms with Gasteiger partial charge in [0.2, 0.25) is 0 Å². The minimum Gasteiger partial charge on any atom is -0.392 e. The molecule has 1 N–H and O–H groups in total. The third-order valence-electron chi connectivity index (χ3n) is 2.90. The van der Waals surface area contributed by atoms with Crippen LogP contribution in [0.5, 0.6) is 0 Å². The zero-order valence-electron chi connectivity index (χ0n) is 11.2. The van der Waals surface area contributed by atoms with Crippen molar-refractivity contribution in [3.8, 4) is 0 Å². The van der Waals surface area contributed by atoms with Crippen LogP contribution in [-0.2, 0) is 6.61 Å². The Morgan fingerprint density at radius 3 is 2.18 bits per heavy atom. The summed E-state index contributed by atoms with van der Waals surface area (Å²) in [6.07, 6.45) is 1.17. The van der Waals surface area contributed by atoms with Crippen molar-refractivity contribution in [3.05, 3.63) is 29.8 Å². The summed E-state index contributed by atoms with van der Waals surface area (Å²) in [6, 6.07) is 8.16. The minimum absolute atomic E-state index is 0.118. The van der Waals surface area contributed by atoms with Crippen LogP contribution in [0.3, 0.4) is 0 Å². The van der Waals surface area contributed by atoms with Crippen LogP contribution in [0, 0.1) is 0 Å². The highest BCUT2D eigenvalue weighted by Gasteiger charge is 2.04. The molecule has 0 bridgehead atoms. The van der Waals surface area contributed by atoms with Crippen molar-refractivity contribution in [2.45, 2.75) is 20.0 Å². The first-order valence-corrected chi connectivity index (χ1v) is 6.26. The Balaban J connectivity index is 2.53. The number of hydrogen-bond acceptors (Lipinski definition) is 3. The van der Waals surface area contributed by atoms with Gasteiger partial charge < -0.3 is 14.9 Å². The van der Waals surface area contributed by atoms with Crippen LogP contribution in [-0.4, -0.2) is 43.7 Å². The Kier molecular flexibility index (Phi) is 6.01. The fourth-order valence-electron chi connectivity index (χ4n) is 1.86. The van der Waals surface area contributed by atoms with Crippen molar-refractivity contribution in [2.75, 3.05) is 38.6 Å². The average Bonchev–Trinajstić information content (AvgIpc) is 2.34. The molecule has 17 heavy (non-hydrogen) atoms. The molecule has 0 aliphatic heterocycles. The maximum absolute atomic E-state index is 9.01. The van der Waals surface area contributed by atoms with E-state index in [9.17, 15) is 0 Å². The molecule has 0 saturated carbocycles. The number of nitrogens with zero attached hydrogens (tertiary/aromatic N) is 2. The molecule has 0 aromatic heterocycles. The van der Waals surface area contributed by atoms with Crippen LogP contribution in [0.15, 0.2) is 24.3 Å². The van der Waals surface area contributed by atoms with E-state index in [1.54, 1.807) is 0 Å². The minimum atomic E-state index is 0.118. The number of aliphatic hydroxyl groups is 1. The molecular weight excluding hydrogens is 212 g/mol. The van der Waals surface area contributed by atoms with Gasteiger partial charge in [-0.3, -0.25) is 0 Å². The van der Waals surface area contributed by atoms with Gasteiger partial charge in [-0.1, -0.05) is 12.1 Å². The maximum Gasteiger partial charge on any atom is 0.0681 e. The summed E-state index contributed by atoms with van der Waals surface area (Å²) >= 11 is 0. The highest BCUT2D eigenvalue weighted by atomic mass is 16.3. The van der Waals surface area contributed by atoms with Gasteiger partial charge in [0.25, 0.3) is 0 Å². The molecule has 3 nitrogen and oxygen atoms in total. The Hall–Kier alpha value is -1.06. The normalized spacial score (nSPS) is 10.9. The summed E-state index contributed by atoms with van der Waals surface area (Å²) in [4.78, 5) is 4.58. The molecule has 0 spiro atoms. The van der Waals surface area contributed by atoms with Crippen LogP contribution >= 0.6 is 0 Å². The average molecular weight is 236 g/mol. The van der Waals surface area contributed by atoms with Crippen molar-refractivity contribution in [1.82, 2.24) is 4.90 Å². The first-order chi connectivity index (χ1) is 8.17. The van der Waals surface area contributed by atoms with Gasteiger partial charge in [0.05, 0.1) is 6.61 Å². The number of hydrogen-bond donors (Lipinski definition) is 1. The smallest absolute Gasteiger partial charge is 0.0681 e. The van der Waals surface area contributed by atoms with Crippen LogP contribution in [0.25, 0.3) is 0 Å². The largest absolute Gasteiger partial charge is 0.392 e. The molecule has 1 aromatic carbocycles. The molecule has 1 aromatic rings. The number of anilines is 1. The second-order valence-electron chi connectivity index (χ2n) is 4.56. The van der Waals surface area contributed by atoms with Crippen molar-refractivity contribution in [1.29, 1.82) is 0 Å². The van der Waals surface area contributed by atoms with Crippen molar-refractivity contribution < 1.29 is 5.11 Å². The lowest BCUT2D eigenvalue weighted by atomic mass is 10.2. The van der Waals surface area contributed by atoms with Crippen molar-refractivity contribution in [3.63, 3.8) is 0 Å². The van der Waals surface area contributed by atoms with Crippen molar-refractivity contribution >= 4 is 5.69 Å². The Labute approximate surface area is 105 Å². The maximum atomic E-state index is 9.01. The van der Waals surface area contributed by atoms with Crippen LogP contribution in [0.4, 0.5) is 5.69 Å². The molecular formula is C14H24N2O. The van der Waals surface area contributed by atoms with E-state index in [0.717, 1.165) is 25.2 Å². The lowest BCUT2D eigenvalue weighted by molar-refractivity contribution is 0.282. The van der Waals surface area contributed by atoms with E-state index < -0.39 is 0 Å². The molecule has 3 heteroatoms. The summed E-state index contributed by atoms with van der Waals surface area (Å²) in [7, 11) is 4.21. The fourth-order valence-corrected chi connectivity index (χ4v) is 1.86. The molecule has 0 radical (unpaired) electrons. The molecule has 96 valence electrons. The molecule has 1 rings (SSSR count). The predicted octanol–water partition coefficient (Wildman–Crippen LogP) is 1.96. The fraction of sp³-hybridized carbons (Fsp3) is 0.571. The molecule has 0 fully saturated rings. The highest BCUT2D eigenvalue weighted by molar-refractivity contribution is 5.47. The summed E-state index contributed by atoms with van der Waals surface area (Å²) in [5.74, 6) is 0. The molecule has 0 saturated heterocycles. The van der Waals surface area contributed by atoms with Gasteiger partial charge >= 0.3 is 0 Å². The van der Waals surface area contributed by atoms with E-state index in [-0.39, 0.29) is 6.61 Å². The quantitative estimate of drug-likeness (QED) is 0.784. The lowest BCUT2D eigenvalue weighted by Crippen LogP contribution is -2.26. The molecule has 0 unspecified atom stereocenters. The summed E-state index contributed by atoms with van der Waals surface area (Å²) in [5.41, 5.74) is 2.21. The van der Waals surface area contributed by atoms with E-state index in [1.165, 1.54) is 12.1 Å². The van der Waals surface area contributed by atoms with Gasteiger partial charge in [-0.05, 0) is 51.7 Å². The summed E-state index contributed by atoms with van der Waals surface area (Å²) in [6.45, 7) is 5.51.